The van der Waals surface area contributed by atoms with Crippen molar-refractivity contribution in [3.63, 3.8) is 0 Å². The van der Waals surface area contributed by atoms with Gasteiger partial charge in [0.05, 0.1) is 31.1 Å². The summed E-state index contributed by atoms with van der Waals surface area (Å²) in [6.07, 6.45) is 8.40. The molecule has 3 N–H and O–H groups in total. The summed E-state index contributed by atoms with van der Waals surface area (Å²) in [6, 6.07) is 15.6. The molecule has 5 atom stereocenters. The Balaban J connectivity index is 0.935. The Labute approximate surface area is 344 Å². The van der Waals surface area contributed by atoms with Crippen LogP contribution in [0.5, 0.6) is 0 Å². The summed E-state index contributed by atoms with van der Waals surface area (Å²) in [5.41, 5.74) is 5.53. The van der Waals surface area contributed by atoms with E-state index in [2.05, 4.69) is 65.5 Å². The number of nitrogens with one attached hydrogen (secondary N) is 3. The fraction of sp³-hybridized carbons (Fsp3) is 0.523. The van der Waals surface area contributed by atoms with Gasteiger partial charge < -0.3 is 39.3 Å². The monoisotopic (exact) mass is 811 g/mol. The van der Waals surface area contributed by atoms with Crippen LogP contribution in [-0.4, -0.2) is 99.3 Å². The second-order valence-corrected chi connectivity index (χ2v) is 16.8. The highest BCUT2D eigenvalue weighted by molar-refractivity contribution is 6.31. The van der Waals surface area contributed by atoms with Crippen molar-refractivity contribution in [2.75, 3.05) is 33.5 Å². The van der Waals surface area contributed by atoms with E-state index in [0.29, 0.717) is 49.2 Å². The van der Waals surface area contributed by atoms with Crippen molar-refractivity contribution in [1.29, 1.82) is 0 Å². The van der Waals surface area contributed by atoms with E-state index < -0.39 is 12.1 Å². The minimum absolute atomic E-state index is 0.00556. The molecule has 2 aromatic carbocycles. The molecule has 4 aromatic rings. The first-order valence-electron chi connectivity index (χ1n) is 20.8. The number of carbonyl (C=O) groups is 3. The predicted octanol–water partition coefficient (Wildman–Crippen LogP) is 7.86. The Hall–Kier alpha value is -4.72. The summed E-state index contributed by atoms with van der Waals surface area (Å²) in [7, 11) is 1.31. The zero-order chi connectivity index (χ0) is 40.3. The van der Waals surface area contributed by atoms with Crippen molar-refractivity contribution in [2.45, 2.75) is 102 Å². The number of likely N-dealkylation sites (tertiary alicyclic amines) is 2. The Morgan fingerprint density at radius 3 is 1.98 bits per heavy atom. The number of ether oxygens (including phenoxy) is 3. The molecule has 4 aliphatic heterocycles. The van der Waals surface area contributed by atoms with Gasteiger partial charge >= 0.3 is 6.09 Å². The smallest absolute Gasteiger partial charge is 0.407 e. The highest BCUT2D eigenvalue weighted by Gasteiger charge is 2.43. The van der Waals surface area contributed by atoms with Crippen molar-refractivity contribution in [3.8, 4) is 33.6 Å². The molecule has 14 heteroatoms. The van der Waals surface area contributed by atoms with Crippen LogP contribution in [0, 0.1) is 11.8 Å². The minimum atomic E-state index is -0.694. The second kappa shape index (κ2) is 17.6. The average Bonchev–Trinajstić information content (AvgIpc) is 4.06. The number of nitrogens with zero attached hydrogens (tertiary/aromatic N) is 4. The lowest BCUT2D eigenvalue weighted by Crippen LogP contribution is -2.54. The highest BCUT2D eigenvalue weighted by atomic mass is 35.5. The number of methoxy groups -OCH3 is 1. The molecular weight excluding hydrogens is 758 g/mol. The Morgan fingerprint density at radius 2 is 1.34 bits per heavy atom. The maximum Gasteiger partial charge on any atom is 0.407 e. The number of alkyl carbamates (subject to hydrolysis) is 1. The van der Waals surface area contributed by atoms with Crippen molar-refractivity contribution >= 4 is 29.5 Å². The van der Waals surface area contributed by atoms with Crippen LogP contribution in [0.3, 0.4) is 0 Å². The number of imidazole rings is 2. The van der Waals surface area contributed by atoms with Crippen molar-refractivity contribution < 1.29 is 28.6 Å². The van der Waals surface area contributed by atoms with Gasteiger partial charge in [-0.1, -0.05) is 60.1 Å². The van der Waals surface area contributed by atoms with E-state index in [9.17, 15) is 14.4 Å². The zero-order valence-electron chi connectivity index (χ0n) is 33.5. The lowest BCUT2D eigenvalue weighted by atomic mass is 9.90. The van der Waals surface area contributed by atoms with Crippen LogP contribution in [0.1, 0.15) is 95.4 Å². The van der Waals surface area contributed by atoms with Crippen LogP contribution < -0.4 is 5.32 Å². The molecule has 0 aliphatic carbocycles. The highest BCUT2D eigenvalue weighted by Crippen LogP contribution is 2.40. The molecule has 0 radical (unpaired) electrons. The molecule has 0 unspecified atom stereocenters. The minimum Gasteiger partial charge on any atom is -0.453 e. The molecule has 4 aliphatic rings. The van der Waals surface area contributed by atoms with E-state index in [4.69, 9.17) is 35.8 Å². The molecule has 13 nitrogen and oxygen atoms in total. The third-order valence-electron chi connectivity index (χ3n) is 12.7. The standard InChI is InChI=1S/C44H54ClN7O6/c1-26-4-15-36(51(26)37(53)24-28-16-20-57-21-17-28)42-48-38(40(45)50-42)32-12-8-30(9-13-32)29-6-10-31(11-7-29)34-25-46-41(47-34)35-14-5-27(2)52(35)43(54)39(49-44(55)56-3)33-18-22-58-23-19-33/h6-13,25-28,33,35-36,39H,4-5,14-24H2,1-3H3,(H,46,47)(H,48,50)(H,49,55)/t26-,27-,35-,36-,39-/m0/s1. The van der Waals surface area contributed by atoms with Gasteiger partial charge in [-0.05, 0) is 93.7 Å². The molecule has 0 bridgehead atoms. The number of H-pyrrole nitrogens is 2. The van der Waals surface area contributed by atoms with Crippen LogP contribution >= 0.6 is 11.6 Å². The van der Waals surface area contributed by atoms with Crippen molar-refractivity contribution in [1.82, 2.24) is 35.1 Å². The topological polar surface area (TPSA) is 155 Å². The Morgan fingerprint density at radius 1 is 0.776 bits per heavy atom. The lowest BCUT2D eigenvalue weighted by Gasteiger charge is -2.36. The molecule has 2 aromatic heterocycles. The van der Waals surface area contributed by atoms with E-state index in [-0.39, 0.29) is 41.9 Å². The first-order chi connectivity index (χ1) is 28.2. The molecule has 8 rings (SSSR count). The molecule has 308 valence electrons. The summed E-state index contributed by atoms with van der Waals surface area (Å²) in [5.74, 6) is 1.88. The third-order valence-corrected chi connectivity index (χ3v) is 13.0. The number of hydrogen-bond donors (Lipinski definition) is 3. The first-order valence-corrected chi connectivity index (χ1v) is 21.2. The van der Waals surface area contributed by atoms with E-state index in [1.807, 2.05) is 28.1 Å². The van der Waals surface area contributed by atoms with Crippen LogP contribution in [0.2, 0.25) is 5.15 Å². The summed E-state index contributed by atoms with van der Waals surface area (Å²) < 4.78 is 15.9. The number of carbonyl (C=O) groups excluding carboxylic acids is 3. The molecular formula is C44H54ClN7O6. The van der Waals surface area contributed by atoms with Crippen molar-refractivity contribution in [3.05, 3.63) is 71.5 Å². The Bertz CT molecular complexity index is 2060. The van der Waals surface area contributed by atoms with Gasteiger partial charge in [0, 0.05) is 50.5 Å². The quantitative estimate of drug-likeness (QED) is 0.146. The molecule has 3 amide bonds. The largest absolute Gasteiger partial charge is 0.453 e. The van der Waals surface area contributed by atoms with Gasteiger partial charge in [-0.3, -0.25) is 9.59 Å². The zero-order valence-corrected chi connectivity index (χ0v) is 34.3. The normalized spacial score (nSPS) is 23.6. The maximum absolute atomic E-state index is 14.2. The summed E-state index contributed by atoms with van der Waals surface area (Å²) in [4.78, 5) is 60.4. The van der Waals surface area contributed by atoms with Gasteiger partial charge in [-0.2, -0.15) is 0 Å². The van der Waals surface area contributed by atoms with Crippen molar-refractivity contribution in [2.24, 2.45) is 11.8 Å². The number of amides is 3. The summed E-state index contributed by atoms with van der Waals surface area (Å²) in [6.45, 7) is 6.75. The van der Waals surface area contributed by atoms with Crippen LogP contribution in [-0.2, 0) is 23.8 Å². The van der Waals surface area contributed by atoms with E-state index in [0.717, 1.165) is 91.3 Å². The van der Waals surface area contributed by atoms with Gasteiger partial charge in [0.25, 0.3) is 0 Å². The Kier molecular flexibility index (Phi) is 12.2. The predicted molar refractivity (Wildman–Crippen MR) is 220 cm³/mol. The van der Waals surface area contributed by atoms with E-state index in [1.165, 1.54) is 7.11 Å². The molecule has 4 saturated heterocycles. The van der Waals surface area contributed by atoms with E-state index in [1.54, 1.807) is 0 Å². The van der Waals surface area contributed by atoms with Crippen LogP contribution in [0.25, 0.3) is 33.6 Å². The second-order valence-electron chi connectivity index (χ2n) is 16.4. The number of halogens is 1. The molecule has 6 heterocycles. The third kappa shape index (κ3) is 8.39. The molecule has 4 fully saturated rings. The van der Waals surface area contributed by atoms with Gasteiger partial charge in [-0.25, -0.2) is 14.8 Å². The van der Waals surface area contributed by atoms with Gasteiger partial charge in [0.15, 0.2) is 0 Å². The summed E-state index contributed by atoms with van der Waals surface area (Å²) in [5, 5.41) is 3.30. The molecule has 0 saturated carbocycles. The maximum atomic E-state index is 14.2. The van der Waals surface area contributed by atoms with Gasteiger partial charge in [0.1, 0.15) is 28.5 Å². The molecule has 0 spiro atoms. The first kappa shape index (κ1) is 40.1. The lowest BCUT2D eigenvalue weighted by molar-refractivity contribution is -0.139. The van der Waals surface area contributed by atoms with E-state index >= 15 is 0 Å². The van der Waals surface area contributed by atoms with Gasteiger partial charge in [-0.15, -0.1) is 0 Å². The average molecular weight is 812 g/mol. The molecule has 58 heavy (non-hydrogen) atoms. The number of benzene rings is 2. The fourth-order valence-corrected chi connectivity index (χ4v) is 9.66. The number of aromatic amines is 2. The summed E-state index contributed by atoms with van der Waals surface area (Å²) >= 11 is 6.77. The number of aromatic nitrogens is 4. The number of hydrogen-bond acceptors (Lipinski definition) is 8. The SMILES string of the molecule is COC(=O)N[C@H](C(=O)N1[C@@H](C)CC[C@H]1c1ncc(-c2ccc(-c3ccc(-c4nc([C@@H]5CC[C@H](C)N5C(=O)CC5CCOCC5)[nH]c4Cl)cc3)cc2)[nH]1)C1CCOCC1. The van der Waals surface area contributed by atoms with Gasteiger partial charge in [0.2, 0.25) is 11.8 Å². The van der Waals surface area contributed by atoms with Crippen LogP contribution in [0.15, 0.2) is 54.7 Å². The fourth-order valence-electron chi connectivity index (χ4n) is 9.41. The number of rotatable bonds is 10. The van der Waals surface area contributed by atoms with Crippen LogP contribution in [0.4, 0.5) is 4.79 Å².